The lowest BCUT2D eigenvalue weighted by Crippen LogP contribution is -2.42. The molecule has 39 heavy (non-hydrogen) atoms. The molecule has 0 bridgehead atoms. The molecule has 0 saturated carbocycles. The van der Waals surface area contributed by atoms with Crippen molar-refractivity contribution in [2.24, 2.45) is 0 Å². The lowest BCUT2D eigenvalue weighted by Gasteiger charge is -2.33. The number of aromatic nitrogens is 2. The van der Waals surface area contributed by atoms with E-state index in [0.717, 1.165) is 23.1 Å². The van der Waals surface area contributed by atoms with Crippen LogP contribution in [0.4, 0.5) is 4.79 Å². The molecule has 1 fully saturated rings. The number of carbonyl (C=O) groups excluding carboxylic acids is 1. The summed E-state index contributed by atoms with van der Waals surface area (Å²) in [5.41, 5.74) is 3.96. The largest absolute Gasteiger partial charge is 0.448 e. The summed E-state index contributed by atoms with van der Waals surface area (Å²) in [6, 6.07) is 25.9. The van der Waals surface area contributed by atoms with Crippen LogP contribution in [0, 0.1) is 0 Å². The molecule has 1 unspecified atom stereocenters. The standard InChI is InChI=1S/C30H33ClN4O3.ClH/c1-22(34(19-23-8-3-2-4-9-23)20-24-10-7-11-25(31)18-24)21-38-30(37)33-16-14-26(15-17-33)35-28-13-6-5-12-27(28)32-29(35)36;/h2-13,18,22,26H,14-17,19-21H2,1H3,(H,32,36);1H. The van der Waals surface area contributed by atoms with E-state index >= 15 is 0 Å². The molecule has 2 heterocycles. The van der Waals surface area contributed by atoms with E-state index in [1.165, 1.54) is 5.56 Å². The number of nitrogens with zero attached hydrogens (tertiary/aromatic N) is 3. The number of hydrogen-bond donors (Lipinski definition) is 1. The van der Waals surface area contributed by atoms with E-state index in [1.54, 1.807) is 4.90 Å². The number of rotatable bonds is 8. The predicted octanol–water partition coefficient (Wildman–Crippen LogP) is 6.27. The highest BCUT2D eigenvalue weighted by molar-refractivity contribution is 6.30. The molecule has 4 aromatic rings. The maximum Gasteiger partial charge on any atom is 0.409 e. The Morgan fingerprint density at radius 1 is 1.00 bits per heavy atom. The molecule has 0 spiro atoms. The van der Waals surface area contributed by atoms with Gasteiger partial charge in [0.05, 0.1) is 11.0 Å². The van der Waals surface area contributed by atoms with Gasteiger partial charge in [0.2, 0.25) is 0 Å². The van der Waals surface area contributed by atoms with E-state index in [2.05, 4.69) is 35.0 Å². The van der Waals surface area contributed by atoms with E-state index < -0.39 is 0 Å². The number of amides is 1. The second kappa shape index (κ2) is 13.2. The number of fused-ring (bicyclic) bond motifs is 1. The molecule has 1 saturated heterocycles. The van der Waals surface area contributed by atoms with Gasteiger partial charge in [-0.1, -0.05) is 66.2 Å². The number of hydrogen-bond acceptors (Lipinski definition) is 4. The minimum Gasteiger partial charge on any atom is -0.448 e. The Morgan fingerprint density at radius 2 is 1.67 bits per heavy atom. The number of aromatic amines is 1. The Morgan fingerprint density at radius 3 is 2.41 bits per heavy atom. The molecule has 7 nitrogen and oxygen atoms in total. The Kier molecular flexibility index (Phi) is 9.73. The summed E-state index contributed by atoms with van der Waals surface area (Å²) < 4.78 is 7.62. The highest BCUT2D eigenvalue weighted by Gasteiger charge is 2.27. The van der Waals surface area contributed by atoms with E-state index in [0.29, 0.717) is 37.5 Å². The molecule has 1 aromatic heterocycles. The fraction of sp³-hybridized carbons (Fsp3) is 0.333. The Bertz CT molecular complexity index is 1430. The second-order valence-electron chi connectivity index (χ2n) is 9.98. The van der Waals surface area contributed by atoms with Crippen LogP contribution in [-0.4, -0.2) is 51.2 Å². The smallest absolute Gasteiger partial charge is 0.409 e. The number of halogens is 2. The highest BCUT2D eigenvalue weighted by Crippen LogP contribution is 2.25. The van der Waals surface area contributed by atoms with Crippen LogP contribution in [0.5, 0.6) is 0 Å². The van der Waals surface area contributed by atoms with Crippen molar-refractivity contribution in [2.45, 2.75) is 44.9 Å². The van der Waals surface area contributed by atoms with Gasteiger partial charge >= 0.3 is 11.8 Å². The highest BCUT2D eigenvalue weighted by atomic mass is 35.5. The van der Waals surface area contributed by atoms with E-state index in [-0.39, 0.29) is 42.9 Å². The van der Waals surface area contributed by atoms with Crippen LogP contribution in [-0.2, 0) is 17.8 Å². The predicted molar refractivity (Wildman–Crippen MR) is 158 cm³/mol. The van der Waals surface area contributed by atoms with Gasteiger partial charge in [-0.2, -0.15) is 0 Å². The van der Waals surface area contributed by atoms with Crippen molar-refractivity contribution < 1.29 is 9.53 Å². The number of likely N-dealkylation sites (tertiary alicyclic amines) is 1. The SMILES string of the molecule is CC(COC(=O)N1CCC(n2c(=O)[nH]c3ccccc32)CC1)N(Cc1ccccc1)Cc1cccc(Cl)c1.Cl. The van der Waals surface area contributed by atoms with Crippen LogP contribution in [0.2, 0.25) is 5.02 Å². The van der Waals surface area contributed by atoms with Gasteiger partial charge in [0.25, 0.3) is 0 Å². The first-order valence-electron chi connectivity index (χ1n) is 13.1. The van der Waals surface area contributed by atoms with Crippen molar-refractivity contribution in [3.8, 4) is 0 Å². The van der Waals surface area contributed by atoms with Crippen molar-refractivity contribution in [3.63, 3.8) is 0 Å². The van der Waals surface area contributed by atoms with Crippen LogP contribution >= 0.6 is 24.0 Å². The van der Waals surface area contributed by atoms with Gasteiger partial charge in [-0.25, -0.2) is 9.59 Å². The first-order valence-corrected chi connectivity index (χ1v) is 13.5. The molecule has 206 valence electrons. The average molecular weight is 570 g/mol. The molecule has 5 rings (SSSR count). The molecule has 3 aromatic carbocycles. The summed E-state index contributed by atoms with van der Waals surface area (Å²) in [6.45, 7) is 4.90. The summed E-state index contributed by atoms with van der Waals surface area (Å²) in [6.07, 6.45) is 1.12. The number of H-pyrrole nitrogens is 1. The summed E-state index contributed by atoms with van der Waals surface area (Å²) in [4.78, 5) is 32.5. The zero-order valence-corrected chi connectivity index (χ0v) is 23.5. The second-order valence-corrected chi connectivity index (χ2v) is 10.4. The summed E-state index contributed by atoms with van der Waals surface area (Å²) >= 11 is 6.22. The van der Waals surface area contributed by atoms with Crippen LogP contribution in [0.15, 0.2) is 83.7 Å². The van der Waals surface area contributed by atoms with Gasteiger partial charge < -0.3 is 14.6 Å². The van der Waals surface area contributed by atoms with Gasteiger partial charge in [0.1, 0.15) is 6.61 Å². The van der Waals surface area contributed by atoms with Crippen LogP contribution in [0.25, 0.3) is 11.0 Å². The number of carbonyl (C=O) groups is 1. The summed E-state index contributed by atoms with van der Waals surface area (Å²) in [7, 11) is 0. The minimum atomic E-state index is -0.302. The van der Waals surface area contributed by atoms with Crippen molar-refractivity contribution in [1.29, 1.82) is 0 Å². The van der Waals surface area contributed by atoms with Crippen LogP contribution < -0.4 is 5.69 Å². The summed E-state index contributed by atoms with van der Waals surface area (Å²) in [5.74, 6) is 0. The van der Waals surface area contributed by atoms with Crippen molar-refractivity contribution in [2.75, 3.05) is 19.7 Å². The van der Waals surface area contributed by atoms with E-state index in [1.807, 2.05) is 65.2 Å². The Hall–Kier alpha value is -3.26. The number of ether oxygens (including phenoxy) is 1. The molecule has 1 amide bonds. The third-order valence-electron chi connectivity index (χ3n) is 7.29. The molecular weight excluding hydrogens is 535 g/mol. The molecule has 9 heteroatoms. The zero-order valence-electron chi connectivity index (χ0n) is 22.0. The monoisotopic (exact) mass is 568 g/mol. The third-order valence-corrected chi connectivity index (χ3v) is 7.52. The first-order chi connectivity index (χ1) is 18.5. The van der Waals surface area contributed by atoms with Gasteiger partial charge in [-0.15, -0.1) is 12.4 Å². The molecule has 0 aliphatic carbocycles. The van der Waals surface area contributed by atoms with Crippen molar-refractivity contribution in [1.82, 2.24) is 19.4 Å². The van der Waals surface area contributed by atoms with Gasteiger partial charge in [-0.05, 0) is 55.2 Å². The number of nitrogens with one attached hydrogen (secondary N) is 1. The number of benzene rings is 3. The van der Waals surface area contributed by atoms with Crippen molar-refractivity contribution in [3.05, 3.63) is 105 Å². The fourth-order valence-corrected chi connectivity index (χ4v) is 5.40. The lowest BCUT2D eigenvalue weighted by atomic mass is 10.0. The number of piperidine rings is 1. The Labute approximate surface area is 239 Å². The first kappa shape index (κ1) is 28.7. The van der Waals surface area contributed by atoms with Crippen LogP contribution in [0.3, 0.4) is 0 Å². The lowest BCUT2D eigenvalue weighted by molar-refractivity contribution is 0.0567. The molecule has 1 N–H and O–H groups in total. The maximum absolute atomic E-state index is 13.0. The topological polar surface area (TPSA) is 70.6 Å². The van der Waals surface area contributed by atoms with Crippen LogP contribution in [0.1, 0.15) is 36.9 Å². The van der Waals surface area contributed by atoms with Gasteiger partial charge in [0.15, 0.2) is 0 Å². The summed E-state index contributed by atoms with van der Waals surface area (Å²) in [5, 5.41) is 0.708. The molecule has 1 aliphatic heterocycles. The van der Waals surface area contributed by atoms with Gasteiger partial charge in [0, 0.05) is 43.3 Å². The average Bonchev–Trinajstić information content (AvgIpc) is 3.27. The zero-order chi connectivity index (χ0) is 26.5. The van der Waals surface area contributed by atoms with Crippen molar-refractivity contribution >= 4 is 41.1 Å². The molecule has 1 aliphatic rings. The third kappa shape index (κ3) is 7.04. The minimum absolute atomic E-state index is 0. The quantitative estimate of drug-likeness (QED) is 0.272. The Balaban J connectivity index is 0.00000353. The van der Waals surface area contributed by atoms with Gasteiger partial charge in [-0.3, -0.25) is 9.47 Å². The normalized spacial score (nSPS) is 14.8. The maximum atomic E-state index is 13.0. The fourth-order valence-electron chi connectivity index (χ4n) is 5.19. The molecule has 0 radical (unpaired) electrons. The molecular formula is C30H34Cl2N4O3. The van der Waals surface area contributed by atoms with E-state index in [4.69, 9.17) is 16.3 Å². The molecule has 1 atom stereocenters. The van der Waals surface area contributed by atoms with E-state index in [9.17, 15) is 9.59 Å². The number of para-hydroxylation sites is 2. The number of imidazole rings is 1.